The van der Waals surface area contributed by atoms with Crippen molar-refractivity contribution in [2.45, 2.75) is 18.7 Å². The van der Waals surface area contributed by atoms with Crippen LogP contribution >= 0.6 is 0 Å². The van der Waals surface area contributed by atoms with E-state index in [1.54, 1.807) is 6.92 Å². The molecule has 0 bridgehead atoms. The van der Waals surface area contributed by atoms with E-state index in [9.17, 15) is 18.5 Å². The first-order valence-electron chi connectivity index (χ1n) is 6.87. The number of hydrogen-bond acceptors (Lipinski definition) is 6. The van der Waals surface area contributed by atoms with E-state index in [-0.39, 0.29) is 10.6 Å². The molecule has 0 unspecified atom stereocenters. The first-order valence-corrected chi connectivity index (χ1v) is 8.41. The third kappa shape index (κ3) is 4.15. The summed E-state index contributed by atoms with van der Waals surface area (Å²) in [7, 11) is -4.02. The van der Waals surface area contributed by atoms with Gasteiger partial charge in [0, 0.05) is 6.07 Å². The lowest BCUT2D eigenvalue weighted by molar-refractivity contribution is -0.384. The fourth-order valence-corrected chi connectivity index (χ4v) is 2.47. The summed E-state index contributed by atoms with van der Waals surface area (Å²) in [6.07, 6.45) is 0. The molecule has 8 nitrogen and oxygen atoms in total. The normalized spacial score (nSPS) is 12.0. The van der Waals surface area contributed by atoms with E-state index in [0.717, 1.165) is 17.2 Å². The zero-order valence-electron chi connectivity index (χ0n) is 13.1. The molecule has 3 N–H and O–H groups in total. The van der Waals surface area contributed by atoms with E-state index in [2.05, 4.69) is 10.5 Å². The number of nitrogens with one attached hydrogen (secondary N) is 1. The molecule has 2 rings (SSSR count). The van der Waals surface area contributed by atoms with Crippen molar-refractivity contribution in [1.82, 2.24) is 0 Å². The molecule has 0 aliphatic heterocycles. The van der Waals surface area contributed by atoms with Crippen molar-refractivity contribution in [2.75, 3.05) is 5.43 Å². The van der Waals surface area contributed by atoms with Gasteiger partial charge >= 0.3 is 0 Å². The van der Waals surface area contributed by atoms with Crippen molar-refractivity contribution in [2.24, 2.45) is 10.2 Å². The number of sulfonamides is 1. The van der Waals surface area contributed by atoms with Crippen LogP contribution in [0.3, 0.4) is 0 Å². The van der Waals surface area contributed by atoms with Crippen molar-refractivity contribution >= 4 is 27.1 Å². The lowest BCUT2D eigenvalue weighted by atomic mass is 10.1. The predicted molar refractivity (Wildman–Crippen MR) is 91.5 cm³/mol. The maximum Gasteiger partial charge on any atom is 0.295 e. The number of hydrogen-bond donors (Lipinski definition) is 2. The van der Waals surface area contributed by atoms with Crippen molar-refractivity contribution in [3.63, 3.8) is 0 Å². The van der Waals surface area contributed by atoms with E-state index in [0.29, 0.717) is 5.71 Å². The minimum Gasteiger partial charge on any atom is -0.271 e. The number of primary sulfonamides is 1. The van der Waals surface area contributed by atoms with E-state index < -0.39 is 20.6 Å². The van der Waals surface area contributed by atoms with Gasteiger partial charge in [-0.05, 0) is 31.5 Å². The first-order chi connectivity index (χ1) is 11.2. The van der Waals surface area contributed by atoms with Crippen molar-refractivity contribution < 1.29 is 13.3 Å². The molecule has 0 aliphatic carbocycles. The molecule has 0 saturated carbocycles. The number of rotatable bonds is 5. The summed E-state index contributed by atoms with van der Waals surface area (Å²) < 4.78 is 22.6. The molecule has 0 radical (unpaired) electrons. The number of nitrogens with zero attached hydrogens (tertiary/aromatic N) is 2. The van der Waals surface area contributed by atoms with Gasteiger partial charge in [0.05, 0.1) is 15.5 Å². The number of nitrogens with two attached hydrogens (primary N) is 1. The molecule has 2 aromatic rings. The van der Waals surface area contributed by atoms with Gasteiger partial charge < -0.3 is 0 Å². The Labute approximate surface area is 139 Å². The smallest absolute Gasteiger partial charge is 0.271 e. The average molecular weight is 348 g/mol. The van der Waals surface area contributed by atoms with E-state index >= 15 is 0 Å². The quantitative estimate of drug-likeness (QED) is 0.487. The summed E-state index contributed by atoms with van der Waals surface area (Å²) in [6.45, 7) is 3.72. The Hall–Kier alpha value is -2.78. The number of anilines is 1. The van der Waals surface area contributed by atoms with Gasteiger partial charge in [-0.1, -0.05) is 29.8 Å². The lowest BCUT2D eigenvalue weighted by Gasteiger charge is -2.06. The molecule has 0 amide bonds. The molecule has 0 saturated heterocycles. The van der Waals surface area contributed by atoms with Crippen LogP contribution in [-0.4, -0.2) is 19.1 Å². The number of nitro groups is 1. The Morgan fingerprint density at radius 1 is 1.21 bits per heavy atom. The second-order valence-electron chi connectivity index (χ2n) is 5.16. The Morgan fingerprint density at radius 3 is 2.38 bits per heavy atom. The third-order valence-electron chi connectivity index (χ3n) is 3.31. The molecule has 0 spiro atoms. The fraction of sp³-hybridized carbons (Fsp3) is 0.133. The summed E-state index contributed by atoms with van der Waals surface area (Å²) in [5.41, 5.74) is 4.82. The van der Waals surface area contributed by atoms with Gasteiger partial charge in [0.2, 0.25) is 10.0 Å². The minimum atomic E-state index is -4.02. The Morgan fingerprint density at radius 2 is 1.83 bits per heavy atom. The Bertz CT molecular complexity index is 906. The van der Waals surface area contributed by atoms with Crippen LogP contribution in [0.4, 0.5) is 11.4 Å². The van der Waals surface area contributed by atoms with Gasteiger partial charge in [-0.25, -0.2) is 13.6 Å². The molecule has 0 fully saturated rings. The molecule has 0 heterocycles. The summed E-state index contributed by atoms with van der Waals surface area (Å²) in [5.74, 6) is 0. The molecule has 0 aliphatic rings. The van der Waals surface area contributed by atoms with E-state index in [4.69, 9.17) is 5.14 Å². The molecule has 24 heavy (non-hydrogen) atoms. The monoisotopic (exact) mass is 348 g/mol. The zero-order valence-corrected chi connectivity index (χ0v) is 13.9. The summed E-state index contributed by atoms with van der Waals surface area (Å²) >= 11 is 0. The topological polar surface area (TPSA) is 128 Å². The molecule has 0 atom stereocenters. The van der Waals surface area contributed by atoms with E-state index in [1.807, 2.05) is 31.2 Å². The summed E-state index contributed by atoms with van der Waals surface area (Å²) in [6, 6.07) is 11.0. The van der Waals surface area contributed by atoms with Crippen molar-refractivity contribution in [3.05, 3.63) is 63.7 Å². The summed E-state index contributed by atoms with van der Waals surface area (Å²) in [4.78, 5) is 10.1. The lowest BCUT2D eigenvalue weighted by Crippen LogP contribution is -2.12. The molecular formula is C15H16N4O4S. The average Bonchev–Trinajstić information content (AvgIpc) is 2.52. The van der Waals surface area contributed by atoms with Crippen LogP contribution in [0.5, 0.6) is 0 Å². The molecule has 9 heteroatoms. The fourth-order valence-electron chi connectivity index (χ4n) is 1.94. The van der Waals surface area contributed by atoms with Crippen LogP contribution < -0.4 is 10.6 Å². The van der Waals surface area contributed by atoms with E-state index in [1.165, 1.54) is 12.1 Å². The van der Waals surface area contributed by atoms with Crippen LogP contribution in [0.1, 0.15) is 18.1 Å². The van der Waals surface area contributed by atoms with Crippen LogP contribution in [0.15, 0.2) is 52.5 Å². The highest BCUT2D eigenvalue weighted by Crippen LogP contribution is 2.27. The molecule has 2 aromatic carbocycles. The van der Waals surface area contributed by atoms with Crippen molar-refractivity contribution in [1.29, 1.82) is 0 Å². The molecule has 126 valence electrons. The SMILES string of the molecule is C/C(=N/Nc1ccc(S(N)(=O)=O)cc1[N+](=O)[O-])c1ccc(C)cc1. The molecular weight excluding hydrogens is 332 g/mol. The highest BCUT2D eigenvalue weighted by molar-refractivity contribution is 7.89. The maximum absolute atomic E-state index is 11.3. The second-order valence-corrected chi connectivity index (χ2v) is 6.72. The third-order valence-corrected chi connectivity index (χ3v) is 4.22. The second kappa shape index (κ2) is 6.77. The minimum absolute atomic E-state index is 0.0684. The zero-order chi connectivity index (χ0) is 17.9. The van der Waals surface area contributed by atoms with Gasteiger partial charge in [0.15, 0.2) is 0 Å². The highest BCUT2D eigenvalue weighted by Gasteiger charge is 2.18. The van der Waals surface area contributed by atoms with Crippen LogP contribution in [0.25, 0.3) is 0 Å². The largest absolute Gasteiger partial charge is 0.295 e. The van der Waals surface area contributed by atoms with Gasteiger partial charge in [-0.15, -0.1) is 0 Å². The van der Waals surface area contributed by atoms with Gasteiger partial charge in [0.1, 0.15) is 5.69 Å². The number of hydrazone groups is 1. The maximum atomic E-state index is 11.3. The number of aryl methyl sites for hydroxylation is 1. The first kappa shape index (κ1) is 17.6. The van der Waals surface area contributed by atoms with Crippen LogP contribution in [-0.2, 0) is 10.0 Å². The van der Waals surface area contributed by atoms with Crippen LogP contribution in [0.2, 0.25) is 0 Å². The highest BCUT2D eigenvalue weighted by atomic mass is 32.2. The van der Waals surface area contributed by atoms with Crippen LogP contribution in [0, 0.1) is 17.0 Å². The number of nitro benzene ring substituents is 1. The summed E-state index contributed by atoms with van der Waals surface area (Å²) in [5, 5.41) is 20.2. The molecule has 0 aromatic heterocycles. The van der Waals surface area contributed by atoms with Crippen molar-refractivity contribution in [3.8, 4) is 0 Å². The Kier molecular flexibility index (Phi) is 4.96. The van der Waals surface area contributed by atoms with Gasteiger partial charge in [-0.3, -0.25) is 15.5 Å². The number of benzene rings is 2. The van der Waals surface area contributed by atoms with Gasteiger partial charge in [-0.2, -0.15) is 5.10 Å². The Balaban J connectivity index is 2.33. The van der Waals surface area contributed by atoms with Gasteiger partial charge in [0.25, 0.3) is 5.69 Å². The predicted octanol–water partition coefficient (Wildman–Crippen LogP) is 2.39. The standard InChI is InChI=1S/C15H16N4O4S/c1-10-3-5-12(6-4-10)11(2)17-18-14-8-7-13(24(16,22)23)9-15(14)19(20)21/h3-9,18H,1-2H3,(H2,16,22,23)/b17-11-.